The van der Waals surface area contributed by atoms with Gasteiger partial charge in [0.15, 0.2) is 0 Å². The molecule has 0 bridgehead atoms. The van der Waals surface area contributed by atoms with E-state index in [-0.39, 0.29) is 63.3 Å². The first-order valence-electron chi connectivity index (χ1n) is 4.72. The van der Waals surface area contributed by atoms with Crippen LogP contribution >= 0.6 is 0 Å². The molecule has 1 fully saturated rings. The van der Waals surface area contributed by atoms with Crippen molar-refractivity contribution in [3.63, 3.8) is 0 Å². The molecular formula is C11H22NUW-. The summed E-state index contributed by atoms with van der Waals surface area (Å²) in [6.07, 6.45) is 2.46. The second kappa shape index (κ2) is 4.91. The SMILES string of the molecule is CN1C(C)(C)[CH-]C(C)(C)C1(C)C.[U].[W]. The molecule has 0 saturated carbocycles. The Labute approximate surface area is 127 Å². The van der Waals surface area contributed by atoms with Gasteiger partial charge in [-0.1, -0.05) is 27.7 Å². The van der Waals surface area contributed by atoms with E-state index in [0.717, 1.165) is 0 Å². The average molecular weight is 590 g/mol. The first-order chi connectivity index (χ1) is 5.11. The maximum Gasteiger partial charge on any atom is 0 e. The number of hydrogen-bond acceptors (Lipinski definition) is 1. The van der Waals surface area contributed by atoms with E-state index in [1.54, 1.807) is 0 Å². The van der Waals surface area contributed by atoms with E-state index in [4.69, 9.17) is 0 Å². The van der Waals surface area contributed by atoms with Gasteiger partial charge in [0.25, 0.3) is 0 Å². The van der Waals surface area contributed by atoms with Gasteiger partial charge in [-0.2, -0.15) is 0 Å². The van der Waals surface area contributed by atoms with E-state index in [1.165, 1.54) is 0 Å². The van der Waals surface area contributed by atoms with Crippen molar-refractivity contribution < 1.29 is 52.2 Å². The molecule has 0 unspecified atom stereocenters. The summed E-state index contributed by atoms with van der Waals surface area (Å²) in [7, 11) is 2.21. The summed E-state index contributed by atoms with van der Waals surface area (Å²) < 4.78 is 0. The Hall–Kier alpha value is 1.70. The second-order valence-electron chi connectivity index (χ2n) is 5.64. The summed E-state index contributed by atoms with van der Waals surface area (Å²) in [6, 6.07) is 0. The van der Waals surface area contributed by atoms with E-state index in [9.17, 15) is 0 Å². The Morgan fingerprint density at radius 3 is 1.36 bits per heavy atom. The molecule has 0 aromatic carbocycles. The van der Waals surface area contributed by atoms with Gasteiger partial charge in [0.1, 0.15) is 0 Å². The number of hydrogen-bond donors (Lipinski definition) is 0. The molecule has 0 atom stereocenters. The molecule has 1 aliphatic rings. The van der Waals surface area contributed by atoms with Crippen molar-refractivity contribution in [1.82, 2.24) is 4.90 Å². The van der Waals surface area contributed by atoms with Crippen LogP contribution in [0.3, 0.4) is 0 Å². The predicted octanol–water partition coefficient (Wildman–Crippen LogP) is 2.72. The largest absolute Gasteiger partial charge is 0.327 e. The van der Waals surface area contributed by atoms with Crippen molar-refractivity contribution in [2.75, 3.05) is 7.05 Å². The first-order valence-corrected chi connectivity index (χ1v) is 4.72. The van der Waals surface area contributed by atoms with Crippen molar-refractivity contribution in [3.05, 3.63) is 6.42 Å². The monoisotopic (exact) mass is 590 g/mol. The fourth-order valence-electron chi connectivity index (χ4n) is 2.31. The molecule has 0 spiro atoms. The van der Waals surface area contributed by atoms with Crippen LogP contribution in [-0.2, 0) is 21.1 Å². The molecule has 0 radical (unpaired) electrons. The predicted molar refractivity (Wildman–Crippen MR) is 54.0 cm³/mol. The standard InChI is InChI=1S/C11H22N.U.W/c1-9(2)8-10(3,4)12(7)11(9,5)6;;/h8H,1-7H3;;/q-1;;. The molecule has 1 rings (SSSR count). The summed E-state index contributed by atoms with van der Waals surface area (Å²) in [6.45, 7) is 13.8. The topological polar surface area (TPSA) is 3.24 Å². The van der Waals surface area contributed by atoms with Crippen molar-refractivity contribution in [3.8, 4) is 0 Å². The number of nitrogens with zero attached hydrogens (tertiary/aromatic N) is 1. The number of likely N-dealkylation sites (tertiary alicyclic amines) is 1. The molecule has 1 nitrogen and oxygen atoms in total. The Morgan fingerprint density at radius 2 is 1.29 bits per heavy atom. The van der Waals surface area contributed by atoms with Gasteiger partial charge in [0.05, 0.1) is 0 Å². The third kappa shape index (κ3) is 2.68. The molecule has 0 aromatic rings. The summed E-state index contributed by atoms with van der Waals surface area (Å²) >= 11 is 0. The quantitative estimate of drug-likeness (QED) is 0.393. The minimum absolute atomic E-state index is 0. The van der Waals surface area contributed by atoms with E-state index in [2.05, 4.69) is 59.9 Å². The van der Waals surface area contributed by atoms with Gasteiger partial charge in [-0.15, -0.1) is 11.0 Å². The molecule has 1 saturated heterocycles. The van der Waals surface area contributed by atoms with Crippen LogP contribution in [0.4, 0.5) is 0 Å². The summed E-state index contributed by atoms with van der Waals surface area (Å²) in [5.41, 5.74) is 0.786. The van der Waals surface area contributed by atoms with Crippen molar-refractivity contribution in [2.45, 2.75) is 52.6 Å². The normalized spacial score (nSPS) is 27.6. The first kappa shape index (κ1) is 18.1. The number of rotatable bonds is 0. The zero-order valence-corrected chi connectivity index (χ0v) is 17.5. The Morgan fingerprint density at radius 1 is 0.929 bits per heavy atom. The molecule has 0 aliphatic carbocycles. The molecule has 1 heterocycles. The third-order valence-corrected chi connectivity index (χ3v) is 3.99. The van der Waals surface area contributed by atoms with Gasteiger partial charge in [0.2, 0.25) is 0 Å². The Bertz CT molecular complexity index is 199. The zero-order chi connectivity index (χ0) is 9.78. The van der Waals surface area contributed by atoms with Crippen molar-refractivity contribution >= 4 is 0 Å². The molecule has 14 heavy (non-hydrogen) atoms. The van der Waals surface area contributed by atoms with Crippen LogP contribution in [0, 0.1) is 42.9 Å². The van der Waals surface area contributed by atoms with Gasteiger partial charge in [0, 0.05) is 52.2 Å². The van der Waals surface area contributed by atoms with Crippen molar-refractivity contribution in [1.29, 1.82) is 0 Å². The third-order valence-electron chi connectivity index (χ3n) is 3.99. The summed E-state index contributed by atoms with van der Waals surface area (Å²) in [5, 5.41) is 0. The minimum atomic E-state index is 0. The zero-order valence-electron chi connectivity index (χ0n) is 10.4. The van der Waals surface area contributed by atoms with Crippen molar-refractivity contribution in [2.24, 2.45) is 5.41 Å². The fraction of sp³-hybridized carbons (Fsp3) is 0.909. The molecule has 3 heteroatoms. The van der Waals surface area contributed by atoms with Crippen LogP contribution in [0.15, 0.2) is 0 Å². The summed E-state index contributed by atoms with van der Waals surface area (Å²) in [4.78, 5) is 2.46. The van der Waals surface area contributed by atoms with Gasteiger partial charge >= 0.3 is 0 Å². The van der Waals surface area contributed by atoms with Crippen LogP contribution < -0.4 is 0 Å². The molecule has 0 aromatic heterocycles. The molecule has 0 amide bonds. The van der Waals surface area contributed by atoms with Crippen LogP contribution in [0.2, 0.25) is 0 Å². The van der Waals surface area contributed by atoms with Crippen LogP contribution in [0.1, 0.15) is 41.5 Å². The van der Waals surface area contributed by atoms with Gasteiger partial charge < -0.3 is 11.3 Å². The van der Waals surface area contributed by atoms with Crippen LogP contribution in [-0.4, -0.2) is 23.0 Å². The Kier molecular flexibility index (Phi) is 6.34. The minimum Gasteiger partial charge on any atom is -0.327 e. The van der Waals surface area contributed by atoms with Gasteiger partial charge in [-0.25, -0.2) is 0 Å². The molecule has 1 aliphatic heterocycles. The second-order valence-corrected chi connectivity index (χ2v) is 5.64. The average Bonchev–Trinajstić information content (AvgIpc) is 1.90. The van der Waals surface area contributed by atoms with E-state index < -0.39 is 0 Å². The summed E-state index contributed by atoms with van der Waals surface area (Å²) in [5.74, 6) is 0. The van der Waals surface area contributed by atoms with Gasteiger partial charge in [-0.3, -0.25) is 0 Å². The van der Waals surface area contributed by atoms with Crippen LogP contribution in [0.5, 0.6) is 0 Å². The fourth-order valence-corrected chi connectivity index (χ4v) is 2.31. The molecular weight excluding hydrogens is 568 g/mol. The van der Waals surface area contributed by atoms with Gasteiger partial charge in [-0.05, 0) is 26.4 Å². The maximum atomic E-state index is 2.46. The smallest absolute Gasteiger partial charge is 0 e. The van der Waals surface area contributed by atoms with E-state index >= 15 is 0 Å². The molecule has 0 N–H and O–H groups in total. The van der Waals surface area contributed by atoms with Crippen LogP contribution in [0.25, 0.3) is 0 Å². The van der Waals surface area contributed by atoms with E-state index in [0.29, 0.717) is 5.41 Å². The molecule has 82 valence electrons. The van der Waals surface area contributed by atoms with E-state index in [1.807, 2.05) is 0 Å². The Balaban J connectivity index is 0. The maximum absolute atomic E-state index is 2.46.